The molecule has 1 unspecified atom stereocenters. The van der Waals surface area contributed by atoms with Crippen molar-refractivity contribution < 1.29 is 9.53 Å². The third kappa shape index (κ3) is 4.35. The summed E-state index contributed by atoms with van der Waals surface area (Å²) in [6.45, 7) is 4.10. The lowest BCUT2D eigenvalue weighted by Gasteiger charge is -2.07. The third-order valence-electron chi connectivity index (χ3n) is 3.90. The Morgan fingerprint density at radius 2 is 2.48 bits per heavy atom. The van der Waals surface area contributed by atoms with Gasteiger partial charge in [0.25, 0.3) is 5.91 Å². The molecule has 0 aliphatic carbocycles. The Kier molecular flexibility index (Phi) is 5.35. The molecule has 1 atom stereocenters. The summed E-state index contributed by atoms with van der Waals surface area (Å²) in [7, 11) is 0. The molecule has 0 saturated carbocycles. The molecule has 3 heterocycles. The molecule has 1 aliphatic heterocycles. The van der Waals surface area contributed by atoms with E-state index < -0.39 is 0 Å². The molecule has 0 radical (unpaired) electrons. The summed E-state index contributed by atoms with van der Waals surface area (Å²) in [5, 5.41) is 10.8. The van der Waals surface area contributed by atoms with Crippen molar-refractivity contribution in [1.82, 2.24) is 25.3 Å². The van der Waals surface area contributed by atoms with Crippen molar-refractivity contribution in [1.29, 1.82) is 0 Å². The monoisotopic (exact) mass is 335 g/mol. The standard InChI is InChI=1S/C15H21N5O2S/c1-11-14(23-10-17-11)5-2-6-16-15(21)13-9-20(19-18-13)8-12-4-3-7-22-12/h9-10,12H,2-8H2,1H3,(H,16,21). The number of amides is 1. The zero-order valence-corrected chi connectivity index (χ0v) is 14.0. The van der Waals surface area contributed by atoms with Crippen LogP contribution in [-0.4, -0.2) is 45.1 Å². The largest absolute Gasteiger partial charge is 0.376 e. The lowest BCUT2D eigenvalue weighted by atomic mass is 10.2. The topological polar surface area (TPSA) is 81.9 Å². The molecule has 3 rings (SSSR count). The fourth-order valence-electron chi connectivity index (χ4n) is 2.60. The molecule has 2 aromatic rings. The molecule has 7 nitrogen and oxygen atoms in total. The van der Waals surface area contributed by atoms with Crippen LogP contribution in [0.25, 0.3) is 0 Å². The molecule has 2 aromatic heterocycles. The van der Waals surface area contributed by atoms with Gasteiger partial charge < -0.3 is 10.1 Å². The SMILES string of the molecule is Cc1ncsc1CCCNC(=O)c1cn(CC2CCCO2)nn1. The molecular formula is C15H21N5O2S. The van der Waals surface area contributed by atoms with Crippen LogP contribution in [0.15, 0.2) is 11.7 Å². The molecule has 124 valence electrons. The molecule has 1 saturated heterocycles. The summed E-state index contributed by atoms with van der Waals surface area (Å²) in [5.74, 6) is -0.176. The Labute approximate surface area is 139 Å². The van der Waals surface area contributed by atoms with Gasteiger partial charge in [0.05, 0.1) is 30.1 Å². The fourth-order valence-corrected chi connectivity index (χ4v) is 3.42. The number of hydrogen-bond donors (Lipinski definition) is 1. The minimum absolute atomic E-state index is 0.176. The van der Waals surface area contributed by atoms with Crippen LogP contribution < -0.4 is 5.32 Å². The smallest absolute Gasteiger partial charge is 0.273 e. The van der Waals surface area contributed by atoms with Crippen LogP contribution in [0, 0.1) is 6.92 Å². The van der Waals surface area contributed by atoms with Crippen molar-refractivity contribution in [2.75, 3.05) is 13.2 Å². The van der Waals surface area contributed by atoms with Crippen molar-refractivity contribution in [3.63, 3.8) is 0 Å². The van der Waals surface area contributed by atoms with E-state index >= 15 is 0 Å². The van der Waals surface area contributed by atoms with Gasteiger partial charge in [-0.15, -0.1) is 16.4 Å². The van der Waals surface area contributed by atoms with Crippen molar-refractivity contribution in [2.24, 2.45) is 0 Å². The maximum atomic E-state index is 12.1. The maximum Gasteiger partial charge on any atom is 0.273 e. The lowest BCUT2D eigenvalue weighted by Crippen LogP contribution is -2.25. The first-order valence-electron chi connectivity index (χ1n) is 7.91. The van der Waals surface area contributed by atoms with Gasteiger partial charge in [0.15, 0.2) is 5.69 Å². The number of carbonyl (C=O) groups is 1. The molecule has 0 aromatic carbocycles. The highest BCUT2D eigenvalue weighted by Crippen LogP contribution is 2.14. The van der Waals surface area contributed by atoms with Crippen molar-refractivity contribution in [2.45, 2.75) is 45.3 Å². The molecule has 23 heavy (non-hydrogen) atoms. The van der Waals surface area contributed by atoms with E-state index in [9.17, 15) is 4.79 Å². The Morgan fingerprint density at radius 1 is 1.57 bits per heavy atom. The normalized spacial score (nSPS) is 17.5. The lowest BCUT2D eigenvalue weighted by molar-refractivity contribution is 0.0930. The van der Waals surface area contributed by atoms with E-state index in [0.717, 1.165) is 38.0 Å². The van der Waals surface area contributed by atoms with Gasteiger partial charge in [0, 0.05) is 18.0 Å². The second-order valence-electron chi connectivity index (χ2n) is 5.68. The summed E-state index contributed by atoms with van der Waals surface area (Å²) in [6, 6.07) is 0. The summed E-state index contributed by atoms with van der Waals surface area (Å²) < 4.78 is 7.24. The van der Waals surface area contributed by atoms with Crippen LogP contribution in [0.4, 0.5) is 0 Å². The van der Waals surface area contributed by atoms with Gasteiger partial charge in [0.2, 0.25) is 0 Å². The van der Waals surface area contributed by atoms with Gasteiger partial charge in [-0.3, -0.25) is 4.79 Å². The number of carbonyl (C=O) groups excluding carboxylic acids is 1. The van der Waals surface area contributed by atoms with E-state index in [4.69, 9.17) is 4.74 Å². The summed E-state index contributed by atoms with van der Waals surface area (Å²) in [5.41, 5.74) is 3.30. The van der Waals surface area contributed by atoms with Gasteiger partial charge in [-0.25, -0.2) is 9.67 Å². The van der Waals surface area contributed by atoms with Crippen LogP contribution in [0.5, 0.6) is 0 Å². The average molecular weight is 335 g/mol. The maximum absolute atomic E-state index is 12.1. The first-order chi connectivity index (χ1) is 11.2. The van der Waals surface area contributed by atoms with E-state index in [2.05, 4.69) is 20.6 Å². The number of nitrogens with one attached hydrogen (secondary N) is 1. The van der Waals surface area contributed by atoms with Gasteiger partial charge >= 0.3 is 0 Å². The number of aromatic nitrogens is 4. The van der Waals surface area contributed by atoms with Crippen LogP contribution in [0.2, 0.25) is 0 Å². The Balaban J connectivity index is 1.41. The van der Waals surface area contributed by atoms with E-state index in [1.165, 1.54) is 4.88 Å². The van der Waals surface area contributed by atoms with Crippen molar-refractivity contribution in [3.8, 4) is 0 Å². The highest BCUT2D eigenvalue weighted by molar-refractivity contribution is 7.09. The summed E-state index contributed by atoms with van der Waals surface area (Å²) in [4.78, 5) is 17.6. The molecule has 0 bridgehead atoms. The first kappa shape index (κ1) is 16.1. The van der Waals surface area contributed by atoms with Gasteiger partial charge in [0.1, 0.15) is 0 Å². The molecule has 0 spiro atoms. The van der Waals surface area contributed by atoms with Crippen LogP contribution in [0.1, 0.15) is 40.3 Å². The fraction of sp³-hybridized carbons (Fsp3) is 0.600. The van der Waals surface area contributed by atoms with E-state index in [1.54, 1.807) is 22.2 Å². The molecule has 1 amide bonds. The third-order valence-corrected chi connectivity index (χ3v) is 4.89. The highest BCUT2D eigenvalue weighted by Gasteiger charge is 2.18. The average Bonchev–Trinajstić information content (AvgIpc) is 3.27. The van der Waals surface area contributed by atoms with Crippen molar-refractivity contribution >= 4 is 17.2 Å². The number of ether oxygens (including phenoxy) is 1. The molecule has 1 N–H and O–H groups in total. The highest BCUT2D eigenvalue weighted by atomic mass is 32.1. The van der Waals surface area contributed by atoms with E-state index in [-0.39, 0.29) is 12.0 Å². The van der Waals surface area contributed by atoms with Crippen LogP contribution in [-0.2, 0) is 17.7 Å². The zero-order chi connectivity index (χ0) is 16.1. The molecule has 1 fully saturated rings. The Bertz CT molecular complexity index is 648. The molecule has 8 heteroatoms. The second-order valence-corrected chi connectivity index (χ2v) is 6.62. The minimum Gasteiger partial charge on any atom is -0.376 e. The molecule has 1 aliphatic rings. The van der Waals surface area contributed by atoms with Gasteiger partial charge in [-0.2, -0.15) is 0 Å². The number of rotatable bonds is 7. The van der Waals surface area contributed by atoms with Gasteiger partial charge in [-0.05, 0) is 32.6 Å². The Hall–Kier alpha value is -1.80. The van der Waals surface area contributed by atoms with Gasteiger partial charge in [-0.1, -0.05) is 5.21 Å². The van der Waals surface area contributed by atoms with Crippen molar-refractivity contribution in [3.05, 3.63) is 28.0 Å². The van der Waals surface area contributed by atoms with Crippen LogP contribution in [0.3, 0.4) is 0 Å². The first-order valence-corrected chi connectivity index (χ1v) is 8.79. The predicted octanol–water partition coefficient (Wildman–Crippen LogP) is 1.58. The minimum atomic E-state index is -0.176. The summed E-state index contributed by atoms with van der Waals surface area (Å²) in [6.07, 6.45) is 5.82. The zero-order valence-electron chi connectivity index (χ0n) is 13.2. The number of thiazole rings is 1. The van der Waals surface area contributed by atoms with E-state index in [1.807, 2.05) is 12.4 Å². The summed E-state index contributed by atoms with van der Waals surface area (Å²) >= 11 is 1.66. The molecular weight excluding hydrogens is 314 g/mol. The van der Waals surface area contributed by atoms with Crippen LogP contribution >= 0.6 is 11.3 Å². The Morgan fingerprint density at radius 3 is 3.22 bits per heavy atom. The number of nitrogens with zero attached hydrogens (tertiary/aromatic N) is 4. The quantitative estimate of drug-likeness (QED) is 0.777. The number of aryl methyl sites for hydroxylation is 2. The predicted molar refractivity (Wildman–Crippen MR) is 86.5 cm³/mol. The van der Waals surface area contributed by atoms with E-state index in [0.29, 0.717) is 18.8 Å². The number of hydrogen-bond acceptors (Lipinski definition) is 6. The second kappa shape index (κ2) is 7.65.